The number of carbonyl (C=O) groups excluding carboxylic acids is 2. The van der Waals surface area contributed by atoms with Crippen LogP contribution in [-0.4, -0.2) is 18.4 Å². The van der Waals surface area contributed by atoms with Crippen LogP contribution in [0.25, 0.3) is 0 Å². The van der Waals surface area contributed by atoms with Crippen LogP contribution in [0.2, 0.25) is 0 Å². The maximum atomic E-state index is 12.5. The van der Waals surface area contributed by atoms with Gasteiger partial charge in [0.15, 0.2) is 5.76 Å². The number of amides is 2. The summed E-state index contributed by atoms with van der Waals surface area (Å²) in [5.41, 5.74) is 1.59. The number of rotatable bonds is 7. The quantitative estimate of drug-likeness (QED) is 0.517. The smallest absolute Gasteiger partial charge is 0.291 e. The first kappa shape index (κ1) is 19.7. The lowest BCUT2D eigenvalue weighted by Gasteiger charge is -2.10. The lowest BCUT2D eigenvalue weighted by atomic mass is 10.2. The lowest BCUT2D eigenvalue weighted by molar-refractivity contribution is 0.0995. The van der Waals surface area contributed by atoms with E-state index < -0.39 is 0 Å². The van der Waals surface area contributed by atoms with Gasteiger partial charge in [-0.15, -0.1) is 0 Å². The molecule has 1 heterocycles. The number of anilines is 2. The van der Waals surface area contributed by atoms with Gasteiger partial charge in [-0.05, 0) is 70.9 Å². The van der Waals surface area contributed by atoms with Crippen molar-refractivity contribution < 1.29 is 18.7 Å². The Morgan fingerprint density at radius 1 is 1.00 bits per heavy atom. The van der Waals surface area contributed by atoms with E-state index in [0.29, 0.717) is 33.8 Å². The average Bonchev–Trinajstić information content (AvgIpc) is 3.22. The van der Waals surface area contributed by atoms with Crippen LogP contribution in [0.1, 0.15) is 34.3 Å². The Labute approximate surface area is 171 Å². The van der Waals surface area contributed by atoms with Gasteiger partial charge in [-0.25, -0.2) is 0 Å². The van der Waals surface area contributed by atoms with E-state index >= 15 is 0 Å². The molecule has 0 radical (unpaired) electrons. The van der Waals surface area contributed by atoms with Gasteiger partial charge in [-0.3, -0.25) is 9.59 Å². The van der Waals surface area contributed by atoms with Crippen LogP contribution in [0, 0.1) is 0 Å². The molecule has 1 aromatic heterocycles. The van der Waals surface area contributed by atoms with Crippen molar-refractivity contribution in [3.05, 3.63) is 76.7 Å². The molecule has 0 spiro atoms. The minimum absolute atomic E-state index is 0.213. The summed E-state index contributed by atoms with van der Waals surface area (Å²) in [5.74, 6) is 0.281. The molecule has 0 atom stereocenters. The fraction of sp³-hybridized carbons (Fsp3) is 0.143. The highest BCUT2D eigenvalue weighted by molar-refractivity contribution is 9.10. The number of ether oxygens (including phenoxy) is 1. The summed E-state index contributed by atoms with van der Waals surface area (Å²) < 4.78 is 11.4. The molecule has 0 aliphatic heterocycles. The molecule has 3 rings (SSSR count). The standard InChI is InChI=1S/C21H19BrN2O4/c1-2-10-27-18-9-8-14(12-17(18)22)20(25)23-15-5-3-6-16(13-15)24-21(26)19-7-4-11-28-19/h3-9,11-13H,2,10H2,1H3,(H,23,25)(H,24,26). The van der Waals surface area contributed by atoms with Crippen LogP contribution < -0.4 is 15.4 Å². The fourth-order valence-corrected chi connectivity index (χ4v) is 2.94. The van der Waals surface area contributed by atoms with E-state index in [0.717, 1.165) is 6.42 Å². The first-order chi connectivity index (χ1) is 13.6. The van der Waals surface area contributed by atoms with Gasteiger partial charge in [-0.2, -0.15) is 0 Å². The zero-order valence-corrected chi connectivity index (χ0v) is 16.8. The van der Waals surface area contributed by atoms with Gasteiger partial charge in [-0.1, -0.05) is 13.0 Å². The van der Waals surface area contributed by atoms with Crippen molar-refractivity contribution >= 4 is 39.1 Å². The molecule has 2 aromatic carbocycles. The third-order valence-electron chi connectivity index (χ3n) is 3.78. The van der Waals surface area contributed by atoms with Crippen LogP contribution in [0.3, 0.4) is 0 Å². The molecule has 2 N–H and O–H groups in total. The number of benzene rings is 2. The van der Waals surface area contributed by atoms with Crippen molar-refractivity contribution in [2.75, 3.05) is 17.2 Å². The van der Waals surface area contributed by atoms with Crippen LogP contribution in [0.15, 0.2) is 69.8 Å². The third kappa shape index (κ3) is 5.01. The van der Waals surface area contributed by atoms with Gasteiger partial charge in [0.1, 0.15) is 5.75 Å². The fourth-order valence-electron chi connectivity index (χ4n) is 2.45. The Bertz CT molecular complexity index is 970. The first-order valence-corrected chi connectivity index (χ1v) is 9.54. The Morgan fingerprint density at radius 3 is 2.39 bits per heavy atom. The monoisotopic (exact) mass is 442 g/mol. The molecule has 0 aliphatic rings. The zero-order valence-electron chi connectivity index (χ0n) is 15.2. The Morgan fingerprint density at radius 2 is 1.75 bits per heavy atom. The molecule has 0 bridgehead atoms. The number of furan rings is 1. The summed E-state index contributed by atoms with van der Waals surface area (Å²) in [6.07, 6.45) is 2.34. The van der Waals surface area contributed by atoms with Crippen molar-refractivity contribution in [1.82, 2.24) is 0 Å². The van der Waals surface area contributed by atoms with Crippen molar-refractivity contribution in [3.8, 4) is 5.75 Å². The number of nitrogens with one attached hydrogen (secondary N) is 2. The molecule has 0 saturated heterocycles. The molecule has 3 aromatic rings. The van der Waals surface area contributed by atoms with Gasteiger partial charge in [0.2, 0.25) is 0 Å². The van der Waals surface area contributed by atoms with E-state index in [4.69, 9.17) is 9.15 Å². The molecule has 0 saturated carbocycles. The number of carbonyl (C=O) groups is 2. The molecule has 6 nitrogen and oxygen atoms in total. The van der Waals surface area contributed by atoms with Crippen LogP contribution >= 0.6 is 15.9 Å². The molecule has 0 unspecified atom stereocenters. The molecule has 28 heavy (non-hydrogen) atoms. The molecular weight excluding hydrogens is 424 g/mol. The third-order valence-corrected chi connectivity index (χ3v) is 4.40. The highest BCUT2D eigenvalue weighted by atomic mass is 79.9. The van der Waals surface area contributed by atoms with E-state index in [9.17, 15) is 9.59 Å². The average molecular weight is 443 g/mol. The first-order valence-electron chi connectivity index (χ1n) is 8.75. The number of halogens is 1. The Balaban J connectivity index is 1.67. The molecule has 0 aliphatic carbocycles. The van der Waals surface area contributed by atoms with E-state index in [-0.39, 0.29) is 17.6 Å². The lowest BCUT2D eigenvalue weighted by Crippen LogP contribution is -2.13. The molecule has 0 fully saturated rings. The second kappa shape index (κ2) is 9.23. The normalized spacial score (nSPS) is 10.4. The summed E-state index contributed by atoms with van der Waals surface area (Å²) >= 11 is 3.43. The van der Waals surface area contributed by atoms with Gasteiger partial charge in [0, 0.05) is 16.9 Å². The van der Waals surface area contributed by atoms with Crippen LogP contribution in [0.4, 0.5) is 11.4 Å². The summed E-state index contributed by atoms with van der Waals surface area (Å²) in [6.45, 7) is 2.64. The summed E-state index contributed by atoms with van der Waals surface area (Å²) in [6, 6.07) is 15.3. The van der Waals surface area contributed by atoms with Crippen molar-refractivity contribution in [2.45, 2.75) is 13.3 Å². The van der Waals surface area contributed by atoms with E-state index in [1.807, 2.05) is 6.92 Å². The molecule has 2 amide bonds. The van der Waals surface area contributed by atoms with E-state index in [1.54, 1.807) is 54.6 Å². The van der Waals surface area contributed by atoms with Crippen LogP contribution in [-0.2, 0) is 0 Å². The highest BCUT2D eigenvalue weighted by Gasteiger charge is 2.12. The predicted molar refractivity (Wildman–Crippen MR) is 111 cm³/mol. The van der Waals surface area contributed by atoms with Crippen molar-refractivity contribution in [3.63, 3.8) is 0 Å². The van der Waals surface area contributed by atoms with Crippen molar-refractivity contribution in [2.24, 2.45) is 0 Å². The van der Waals surface area contributed by atoms with Gasteiger partial charge >= 0.3 is 0 Å². The van der Waals surface area contributed by atoms with Gasteiger partial charge in [0.25, 0.3) is 11.8 Å². The molecule has 144 valence electrons. The highest BCUT2D eigenvalue weighted by Crippen LogP contribution is 2.27. The minimum Gasteiger partial charge on any atom is -0.492 e. The maximum Gasteiger partial charge on any atom is 0.291 e. The minimum atomic E-state index is -0.361. The Kier molecular flexibility index (Phi) is 6.49. The largest absolute Gasteiger partial charge is 0.492 e. The maximum absolute atomic E-state index is 12.5. The second-order valence-electron chi connectivity index (χ2n) is 5.96. The predicted octanol–water partition coefficient (Wildman–Crippen LogP) is 5.34. The number of hydrogen-bond acceptors (Lipinski definition) is 4. The number of hydrogen-bond donors (Lipinski definition) is 2. The van der Waals surface area contributed by atoms with Crippen LogP contribution in [0.5, 0.6) is 5.75 Å². The van der Waals surface area contributed by atoms with E-state index in [1.165, 1.54) is 6.26 Å². The van der Waals surface area contributed by atoms with Crippen molar-refractivity contribution in [1.29, 1.82) is 0 Å². The van der Waals surface area contributed by atoms with Gasteiger partial charge < -0.3 is 19.8 Å². The molecule has 7 heteroatoms. The topological polar surface area (TPSA) is 80.6 Å². The second-order valence-corrected chi connectivity index (χ2v) is 6.81. The van der Waals surface area contributed by atoms with E-state index in [2.05, 4.69) is 26.6 Å². The summed E-state index contributed by atoms with van der Waals surface area (Å²) in [4.78, 5) is 24.6. The summed E-state index contributed by atoms with van der Waals surface area (Å²) in [5, 5.41) is 5.55. The molecular formula is C21H19BrN2O4. The summed E-state index contributed by atoms with van der Waals surface area (Å²) in [7, 11) is 0. The SMILES string of the molecule is CCCOc1ccc(C(=O)Nc2cccc(NC(=O)c3ccco3)c2)cc1Br. The van der Waals surface area contributed by atoms with Gasteiger partial charge in [0.05, 0.1) is 17.3 Å². The zero-order chi connectivity index (χ0) is 19.9. The Hall–Kier alpha value is -3.06.